The normalized spacial score (nSPS) is 21.8. The summed E-state index contributed by atoms with van der Waals surface area (Å²) in [6.45, 7) is 6.26. The molecule has 0 aromatic rings. The second kappa shape index (κ2) is 45.5. The van der Waals surface area contributed by atoms with E-state index in [-0.39, 0.29) is 19.8 Å². The van der Waals surface area contributed by atoms with Crippen molar-refractivity contribution in [2.24, 2.45) is 5.41 Å². The molecule has 0 amide bonds. The number of hydrogen-bond acceptors (Lipinski definition) is 20. The summed E-state index contributed by atoms with van der Waals surface area (Å²) in [5, 5.41) is 0. The molecule has 0 aromatic carbocycles. The van der Waals surface area contributed by atoms with Gasteiger partial charge in [-0.25, -0.2) is 21.5 Å². The Balaban J connectivity index is 2.15. The Labute approximate surface area is 523 Å². The van der Waals surface area contributed by atoms with E-state index in [0.29, 0.717) is 19.8 Å². The predicted octanol–water partition coefficient (Wildman–Crippen LogP) is 13.3. The van der Waals surface area contributed by atoms with Crippen LogP contribution in [0.15, 0.2) is 0 Å². The quantitative estimate of drug-likeness (QED) is 0.0190. The summed E-state index contributed by atoms with van der Waals surface area (Å²) in [6.07, 6.45) is 30.6. The zero-order valence-electron chi connectivity index (χ0n) is 52.9. The lowest BCUT2D eigenvalue weighted by Gasteiger charge is -2.46. The fourth-order valence-electron chi connectivity index (χ4n) is 11.1. The average molecular weight is 1330 g/mol. The van der Waals surface area contributed by atoms with Crippen LogP contribution in [0.25, 0.3) is 0 Å². The number of unbranched alkanes of at least 4 members (excludes halogenated alkanes) is 38. The minimum atomic E-state index is -6.03. The second-order valence-corrected chi connectivity index (χ2v) is 28.3. The molecule has 0 radical (unpaired) electrons. The number of ether oxygens (including phenoxy) is 6. The van der Waals surface area contributed by atoms with Crippen molar-refractivity contribution >= 4 is 53.5 Å². The Hall–Kier alpha value is -1.74. The van der Waals surface area contributed by atoms with Gasteiger partial charge in [-0.05, 0) is 19.8 Å². The van der Waals surface area contributed by atoms with E-state index < -0.39 is 115 Å². The molecule has 87 heavy (non-hydrogen) atoms. The lowest BCUT2D eigenvalue weighted by molar-refractivity contribution is -0.327. The van der Waals surface area contributed by atoms with Crippen molar-refractivity contribution < 1.29 is 107 Å². The van der Waals surface area contributed by atoms with Crippen LogP contribution in [0.3, 0.4) is 0 Å². The molecule has 2 fully saturated rings. The fraction of sp³-hybridized carbons (Fsp3) is 0.966. The van der Waals surface area contributed by atoms with Gasteiger partial charge in [0.05, 0.1) is 25.2 Å². The van der Waals surface area contributed by atoms with E-state index >= 15 is 0 Å². The van der Waals surface area contributed by atoms with Crippen LogP contribution in [0.1, 0.15) is 291 Å². The van der Waals surface area contributed by atoms with Gasteiger partial charge in [-0.3, -0.25) is 23.0 Å². The molecule has 7 atom stereocenters. The first-order chi connectivity index (χ1) is 41.2. The maximum absolute atomic E-state index is 14.6. The molecule has 516 valence electrons. The van der Waals surface area contributed by atoms with Crippen LogP contribution in [-0.4, -0.2) is 133 Å². The van der Waals surface area contributed by atoms with E-state index in [1.807, 2.05) is 0 Å². The first-order valence-corrected chi connectivity index (χ1v) is 38.2. The zero-order chi connectivity index (χ0) is 64.5. The van der Waals surface area contributed by atoms with Crippen molar-refractivity contribution in [2.45, 2.75) is 334 Å². The third-order valence-electron chi connectivity index (χ3n) is 15.9. The molecule has 0 saturated carbocycles. The largest absolute Gasteiger partial charge is 0.457 e. The Morgan fingerprint density at radius 2 is 0.862 bits per heavy atom. The molecule has 2 aliphatic rings. The molecule has 24 nitrogen and oxygen atoms in total. The summed E-state index contributed by atoms with van der Waals surface area (Å²) in [5.74, 6) is -6.04. The summed E-state index contributed by atoms with van der Waals surface area (Å²) in [6, 6.07) is 0. The zero-order valence-corrected chi connectivity index (χ0v) is 56.1. The van der Waals surface area contributed by atoms with Crippen LogP contribution in [0, 0.1) is 5.41 Å². The molecule has 0 aliphatic carbocycles. The number of hydrogen-bond donors (Lipinski definition) is 4. The smallest absolute Gasteiger partial charge is 0.400 e. The Kier molecular flexibility index (Phi) is 42.6. The molecule has 2 aliphatic heterocycles. The third kappa shape index (κ3) is 40.1. The highest BCUT2D eigenvalue weighted by molar-refractivity contribution is 7.82. The van der Waals surface area contributed by atoms with Crippen LogP contribution < -0.4 is 0 Å². The van der Waals surface area contributed by atoms with Crippen molar-refractivity contribution in [1.82, 2.24) is 0 Å². The number of carbonyl (C=O) groups excluding carboxylic acids is 2. The summed E-state index contributed by atoms with van der Waals surface area (Å²) in [5.41, 5.74) is -1.43. The van der Waals surface area contributed by atoms with E-state index in [4.69, 9.17) is 32.6 Å². The van der Waals surface area contributed by atoms with Gasteiger partial charge in [-0.15, -0.1) is 0 Å². The van der Waals surface area contributed by atoms with Gasteiger partial charge in [-0.1, -0.05) is 258 Å². The predicted molar refractivity (Wildman–Crippen MR) is 326 cm³/mol. The Morgan fingerprint density at radius 1 is 0.517 bits per heavy atom. The van der Waals surface area contributed by atoms with Crippen LogP contribution in [-0.2, 0) is 96.3 Å². The summed E-state index contributed by atoms with van der Waals surface area (Å²) in [7, 11) is -23.7. The second-order valence-electron chi connectivity index (χ2n) is 24.1. The highest BCUT2D eigenvalue weighted by atomic mass is 32.3. The maximum atomic E-state index is 14.6. The molecule has 1 spiro atoms. The Morgan fingerprint density at radius 3 is 1.20 bits per heavy atom. The monoisotopic (exact) mass is 1330 g/mol. The van der Waals surface area contributed by atoms with Crippen molar-refractivity contribution in [1.29, 1.82) is 0 Å². The Bertz CT molecular complexity index is 2240. The summed E-state index contributed by atoms with van der Waals surface area (Å²) < 4.78 is 189. The minimum Gasteiger partial charge on any atom is -0.457 e. The van der Waals surface area contributed by atoms with Gasteiger partial charge in [0.25, 0.3) is 5.79 Å². The van der Waals surface area contributed by atoms with E-state index in [1.54, 1.807) is 6.92 Å². The van der Waals surface area contributed by atoms with Gasteiger partial charge in [0.1, 0.15) is 12.2 Å². The molecule has 2 saturated heterocycles. The van der Waals surface area contributed by atoms with Crippen LogP contribution in [0.4, 0.5) is 0 Å². The molecule has 6 unspecified atom stereocenters. The van der Waals surface area contributed by atoms with Crippen molar-refractivity contribution in [3.05, 3.63) is 0 Å². The van der Waals surface area contributed by atoms with Gasteiger partial charge in [0, 0.05) is 20.0 Å². The molecule has 28 heteroatoms. The lowest BCUT2D eigenvalue weighted by atomic mass is 9.91. The van der Waals surface area contributed by atoms with Crippen molar-refractivity contribution in [2.75, 3.05) is 26.4 Å². The average Bonchev–Trinajstić information content (AvgIpc) is 1.77. The molecule has 4 N–H and O–H groups in total. The highest BCUT2D eigenvalue weighted by Gasteiger charge is 2.63. The van der Waals surface area contributed by atoms with Gasteiger partial charge in [0.15, 0.2) is 12.2 Å². The maximum Gasteiger partial charge on any atom is 0.400 e. The minimum absolute atomic E-state index is 0.0528. The first-order valence-electron chi connectivity index (χ1n) is 32.8. The van der Waals surface area contributed by atoms with Crippen molar-refractivity contribution in [3.8, 4) is 0 Å². The van der Waals surface area contributed by atoms with Crippen LogP contribution in [0.2, 0.25) is 0 Å². The molecule has 0 bridgehead atoms. The number of cyclic esters (lactones) is 1. The molecular formula is C59H112O24S4. The topological polar surface area (TPSA) is 344 Å². The van der Waals surface area contributed by atoms with Gasteiger partial charge in [0.2, 0.25) is 12.6 Å². The summed E-state index contributed by atoms with van der Waals surface area (Å²) in [4.78, 5) is 27.1. The fourth-order valence-corrected chi connectivity index (χ4v) is 12.9. The SMILES string of the molecule is CCCCCCCCCCCCCCCCCCCCCCOC[C@]1(C)COC2(CC(OS(=O)(=O)O)C(OC(C)=O)C(C(OS(=O)(=O)O)C(OS(=O)(=O)O)OS(=O)(=O)O)O2)C(=O)OC1OCCCCCCCCCCCCCCCCCCCCCC. The van der Waals surface area contributed by atoms with Gasteiger partial charge >= 0.3 is 53.5 Å². The van der Waals surface area contributed by atoms with Crippen molar-refractivity contribution in [3.63, 3.8) is 0 Å². The number of esters is 2. The van der Waals surface area contributed by atoms with E-state index in [0.717, 1.165) is 57.8 Å². The van der Waals surface area contributed by atoms with Crippen LogP contribution >= 0.6 is 0 Å². The molecular weight excluding hydrogens is 1220 g/mol. The van der Waals surface area contributed by atoms with Gasteiger partial charge in [-0.2, -0.15) is 33.7 Å². The summed E-state index contributed by atoms with van der Waals surface area (Å²) >= 11 is 0. The lowest BCUT2D eigenvalue weighted by Crippen LogP contribution is -2.66. The first kappa shape index (κ1) is 81.4. The molecule has 2 heterocycles. The van der Waals surface area contributed by atoms with Crippen LogP contribution in [0.5, 0.6) is 0 Å². The van der Waals surface area contributed by atoms with E-state index in [1.165, 1.54) is 186 Å². The van der Waals surface area contributed by atoms with E-state index in [9.17, 15) is 61.5 Å². The molecule has 0 aromatic heterocycles. The van der Waals surface area contributed by atoms with Gasteiger partial charge < -0.3 is 28.4 Å². The van der Waals surface area contributed by atoms with E-state index in [2.05, 4.69) is 26.4 Å². The molecule has 2 rings (SSSR count). The highest BCUT2D eigenvalue weighted by Crippen LogP contribution is 2.43. The third-order valence-corrected chi connectivity index (χ3v) is 17.7. The number of carbonyl (C=O) groups is 2. The number of rotatable bonds is 56. The standard InChI is InChI=1S/C59H112O24S4/c1-5-7-9-11-13-15-17-19-21-23-25-27-29-31-33-35-37-39-41-43-45-74-48-58(4)49-76-59(56(61)78-57(58)75-46-44-42-40-38-36-34-32-30-28-26-24-22-20-18-16-14-12-10-8-6-2)47-51(80-84(62,63)64)52(77-50(3)60)53(79-59)54(81-85(65,66)67)55(82-86(68,69)70)83-87(71,72)73/h51-55,57H,5-49H2,1-4H3,(H,62,63,64)(H,65,66,67)(H,68,69,70)(H,71,72,73)/t51?,52?,53?,54?,57?,58-,59?/m1/s1.